The first kappa shape index (κ1) is 20.3. The van der Waals surface area contributed by atoms with E-state index in [2.05, 4.69) is 0 Å². The number of ketones is 1. The summed E-state index contributed by atoms with van der Waals surface area (Å²) in [6.07, 6.45) is 1.61. The summed E-state index contributed by atoms with van der Waals surface area (Å²) in [7, 11) is 0. The van der Waals surface area contributed by atoms with Gasteiger partial charge in [-0.2, -0.15) is 0 Å². The molecule has 0 radical (unpaired) electrons. The van der Waals surface area contributed by atoms with Crippen molar-refractivity contribution in [3.63, 3.8) is 0 Å². The number of carbonyl (C=O) groups excluding carboxylic acids is 2. The molecule has 30 heavy (non-hydrogen) atoms. The fraction of sp³-hybridized carbons (Fsp3) is 0.304. The number of hydrogen-bond acceptors (Lipinski definition) is 5. The zero-order valence-corrected chi connectivity index (χ0v) is 17.3. The third-order valence-electron chi connectivity index (χ3n) is 5.27. The number of aliphatic hydroxyl groups excluding tert-OH is 1. The lowest BCUT2D eigenvalue weighted by Crippen LogP contribution is -2.30. The Kier molecular flexibility index (Phi) is 5.68. The van der Waals surface area contributed by atoms with E-state index in [0.29, 0.717) is 47.4 Å². The lowest BCUT2D eigenvalue weighted by molar-refractivity contribution is -0.139. The molecule has 0 aromatic heterocycles. The van der Waals surface area contributed by atoms with E-state index in [-0.39, 0.29) is 11.3 Å². The largest absolute Gasteiger partial charge is 0.507 e. The van der Waals surface area contributed by atoms with Gasteiger partial charge >= 0.3 is 0 Å². The molecule has 0 aliphatic carbocycles. The zero-order valence-electron chi connectivity index (χ0n) is 16.6. The average molecular weight is 428 g/mol. The first-order valence-electron chi connectivity index (χ1n) is 9.95. The maximum absolute atomic E-state index is 13.0. The Hall–Kier alpha value is -2.99. The molecule has 2 aromatic rings. The minimum Gasteiger partial charge on any atom is -0.507 e. The van der Waals surface area contributed by atoms with Crippen molar-refractivity contribution in [2.45, 2.75) is 25.8 Å². The predicted molar refractivity (Wildman–Crippen MR) is 113 cm³/mol. The molecule has 7 heteroatoms. The van der Waals surface area contributed by atoms with Crippen molar-refractivity contribution in [3.05, 3.63) is 64.2 Å². The topological polar surface area (TPSA) is 76.1 Å². The Morgan fingerprint density at radius 3 is 2.63 bits per heavy atom. The molecule has 0 spiro atoms. The number of aliphatic hydroxyl groups is 1. The van der Waals surface area contributed by atoms with Gasteiger partial charge in [-0.25, -0.2) is 0 Å². The van der Waals surface area contributed by atoms with E-state index >= 15 is 0 Å². The van der Waals surface area contributed by atoms with E-state index in [4.69, 9.17) is 21.1 Å². The molecular weight excluding hydrogens is 406 g/mol. The molecule has 2 aromatic carbocycles. The monoisotopic (exact) mass is 427 g/mol. The van der Waals surface area contributed by atoms with E-state index in [9.17, 15) is 14.7 Å². The average Bonchev–Trinajstić information content (AvgIpc) is 3.01. The number of unbranched alkanes of at least 4 members (excludes halogenated alkanes) is 1. The van der Waals surface area contributed by atoms with Crippen molar-refractivity contribution >= 4 is 29.1 Å². The van der Waals surface area contributed by atoms with Gasteiger partial charge in [0.15, 0.2) is 11.5 Å². The van der Waals surface area contributed by atoms with Crippen LogP contribution in [0.5, 0.6) is 11.5 Å². The molecule has 1 N–H and O–H groups in total. The summed E-state index contributed by atoms with van der Waals surface area (Å²) in [6.45, 7) is 3.32. The predicted octanol–water partition coefficient (Wildman–Crippen LogP) is 4.33. The SMILES string of the molecule is CCCCN1C(=O)C(=O)/C(=C(\O)c2cccc(Cl)c2)C1c1ccc2c(c1)OCCO2. The maximum atomic E-state index is 13.0. The van der Waals surface area contributed by atoms with Gasteiger partial charge in [0.05, 0.1) is 11.6 Å². The van der Waals surface area contributed by atoms with Crippen molar-refractivity contribution in [3.8, 4) is 11.5 Å². The highest BCUT2D eigenvalue weighted by molar-refractivity contribution is 6.46. The fourth-order valence-electron chi connectivity index (χ4n) is 3.81. The van der Waals surface area contributed by atoms with Crippen molar-refractivity contribution in [1.29, 1.82) is 0 Å². The molecule has 1 saturated heterocycles. The number of fused-ring (bicyclic) bond motifs is 1. The quantitative estimate of drug-likeness (QED) is 0.436. The van der Waals surface area contributed by atoms with E-state index in [1.165, 1.54) is 4.90 Å². The molecule has 1 amide bonds. The lowest BCUT2D eigenvalue weighted by Gasteiger charge is -2.27. The van der Waals surface area contributed by atoms with E-state index < -0.39 is 17.7 Å². The van der Waals surface area contributed by atoms with Gasteiger partial charge in [-0.05, 0) is 36.2 Å². The van der Waals surface area contributed by atoms with Crippen LogP contribution < -0.4 is 9.47 Å². The Bertz CT molecular complexity index is 1030. The molecule has 4 rings (SSSR count). The maximum Gasteiger partial charge on any atom is 0.295 e. The van der Waals surface area contributed by atoms with Gasteiger partial charge in [-0.15, -0.1) is 0 Å². The normalized spacial score (nSPS) is 19.9. The highest BCUT2D eigenvalue weighted by Crippen LogP contribution is 2.42. The number of hydrogen-bond donors (Lipinski definition) is 1. The summed E-state index contributed by atoms with van der Waals surface area (Å²) in [5, 5.41) is 11.4. The summed E-state index contributed by atoms with van der Waals surface area (Å²) in [5.74, 6) is -0.391. The summed E-state index contributed by atoms with van der Waals surface area (Å²) >= 11 is 6.06. The number of amides is 1. The summed E-state index contributed by atoms with van der Waals surface area (Å²) in [6, 6.07) is 11.2. The fourth-order valence-corrected chi connectivity index (χ4v) is 4.00. The second-order valence-electron chi connectivity index (χ2n) is 7.26. The molecule has 2 aliphatic heterocycles. The number of carbonyl (C=O) groups is 2. The zero-order chi connectivity index (χ0) is 21.3. The first-order valence-corrected chi connectivity index (χ1v) is 10.3. The van der Waals surface area contributed by atoms with Crippen LogP contribution in [0.25, 0.3) is 5.76 Å². The summed E-state index contributed by atoms with van der Waals surface area (Å²) < 4.78 is 11.3. The highest BCUT2D eigenvalue weighted by atomic mass is 35.5. The Labute approximate surface area is 179 Å². The number of nitrogens with zero attached hydrogens (tertiary/aromatic N) is 1. The van der Waals surface area contributed by atoms with Crippen molar-refractivity contribution in [2.24, 2.45) is 0 Å². The standard InChI is InChI=1S/C23H22ClNO5/c1-2-3-9-25-20(14-7-8-17-18(13-14)30-11-10-29-17)19(22(27)23(25)28)21(26)15-5-4-6-16(24)12-15/h4-8,12-13,20,26H,2-3,9-11H2,1H3/b21-19-. The molecule has 1 fully saturated rings. The van der Waals surface area contributed by atoms with Gasteiger partial charge in [-0.3, -0.25) is 9.59 Å². The van der Waals surface area contributed by atoms with E-state index in [1.807, 2.05) is 6.92 Å². The van der Waals surface area contributed by atoms with Gasteiger partial charge in [0.2, 0.25) is 0 Å². The highest BCUT2D eigenvalue weighted by Gasteiger charge is 2.46. The molecule has 0 bridgehead atoms. The number of likely N-dealkylation sites (tertiary alicyclic amines) is 1. The van der Waals surface area contributed by atoms with Crippen LogP contribution in [0.15, 0.2) is 48.0 Å². The second kappa shape index (κ2) is 8.40. The van der Waals surface area contributed by atoms with Crippen molar-refractivity contribution in [1.82, 2.24) is 4.90 Å². The molecule has 6 nitrogen and oxygen atoms in total. The number of rotatable bonds is 5. The Balaban J connectivity index is 1.85. The van der Waals surface area contributed by atoms with Gasteiger partial charge in [0, 0.05) is 17.1 Å². The smallest absolute Gasteiger partial charge is 0.295 e. The van der Waals surface area contributed by atoms with Crippen LogP contribution in [0.3, 0.4) is 0 Å². The molecule has 2 aliphatic rings. The first-order chi connectivity index (χ1) is 14.5. The third kappa shape index (κ3) is 3.63. The molecule has 1 unspecified atom stereocenters. The number of ether oxygens (including phenoxy) is 2. The van der Waals surface area contributed by atoms with Gasteiger partial charge in [0.1, 0.15) is 19.0 Å². The third-order valence-corrected chi connectivity index (χ3v) is 5.51. The molecular formula is C23H22ClNO5. The second-order valence-corrected chi connectivity index (χ2v) is 7.70. The van der Waals surface area contributed by atoms with Crippen LogP contribution in [0.1, 0.15) is 36.9 Å². The molecule has 156 valence electrons. The molecule has 2 heterocycles. The van der Waals surface area contributed by atoms with Crippen LogP contribution in [-0.4, -0.2) is 41.5 Å². The van der Waals surface area contributed by atoms with E-state index in [1.54, 1.807) is 42.5 Å². The number of Topliss-reactive ketones (excluding diaryl/α,β-unsaturated/α-hetero) is 1. The lowest BCUT2D eigenvalue weighted by atomic mass is 9.95. The van der Waals surface area contributed by atoms with Crippen LogP contribution in [0, 0.1) is 0 Å². The minimum absolute atomic E-state index is 0.0510. The minimum atomic E-state index is -0.716. The van der Waals surface area contributed by atoms with E-state index in [0.717, 1.165) is 12.8 Å². The van der Waals surface area contributed by atoms with Crippen molar-refractivity contribution in [2.75, 3.05) is 19.8 Å². The number of benzene rings is 2. The van der Waals surface area contributed by atoms with Crippen LogP contribution in [-0.2, 0) is 9.59 Å². The van der Waals surface area contributed by atoms with Crippen molar-refractivity contribution < 1.29 is 24.2 Å². The Morgan fingerprint density at radius 2 is 1.90 bits per heavy atom. The summed E-state index contributed by atoms with van der Waals surface area (Å²) in [5.41, 5.74) is 1.12. The van der Waals surface area contributed by atoms with Crippen LogP contribution in [0.4, 0.5) is 0 Å². The summed E-state index contributed by atoms with van der Waals surface area (Å²) in [4.78, 5) is 27.3. The van der Waals surface area contributed by atoms with Gasteiger partial charge in [0.25, 0.3) is 11.7 Å². The van der Waals surface area contributed by atoms with Crippen LogP contribution in [0.2, 0.25) is 5.02 Å². The molecule has 0 saturated carbocycles. The van der Waals surface area contributed by atoms with Gasteiger partial charge in [-0.1, -0.05) is 43.1 Å². The molecule has 1 atom stereocenters. The Morgan fingerprint density at radius 1 is 1.13 bits per heavy atom. The van der Waals surface area contributed by atoms with Gasteiger partial charge < -0.3 is 19.5 Å². The number of halogens is 1. The van der Waals surface area contributed by atoms with Crippen LogP contribution >= 0.6 is 11.6 Å².